The molecule has 2 aromatic rings. The van der Waals surface area contributed by atoms with E-state index in [4.69, 9.17) is 31.3 Å². The van der Waals surface area contributed by atoms with Crippen LogP contribution in [-0.2, 0) is 11.3 Å². The van der Waals surface area contributed by atoms with Crippen LogP contribution in [-0.4, -0.2) is 66.5 Å². The Morgan fingerprint density at radius 2 is 1.66 bits per heavy atom. The molecule has 1 saturated heterocycles. The van der Waals surface area contributed by atoms with Crippen LogP contribution in [0.15, 0.2) is 42.5 Å². The summed E-state index contributed by atoms with van der Waals surface area (Å²) in [6.07, 6.45) is -5.08. The van der Waals surface area contributed by atoms with Gasteiger partial charge in [0.05, 0.1) is 23.4 Å². The number of anilines is 1. The SMILES string of the molecule is COc1ccccc1N1CCN(Cc2ccc(C(=O)O)c(Cl)c2)CC1.O=C(O)C(F)(F)F. The Balaban J connectivity index is 0.000000451. The number of hydrogen-bond donors (Lipinski definition) is 2. The van der Waals surface area contributed by atoms with Crippen molar-refractivity contribution in [3.8, 4) is 5.75 Å². The van der Waals surface area contributed by atoms with E-state index in [2.05, 4.69) is 15.9 Å². The van der Waals surface area contributed by atoms with Gasteiger partial charge in [-0.1, -0.05) is 29.8 Å². The zero-order chi connectivity index (χ0) is 23.9. The van der Waals surface area contributed by atoms with Gasteiger partial charge in [-0.2, -0.15) is 13.2 Å². The van der Waals surface area contributed by atoms with E-state index in [0.29, 0.717) is 0 Å². The molecule has 7 nitrogen and oxygen atoms in total. The van der Waals surface area contributed by atoms with Crippen LogP contribution in [0.5, 0.6) is 5.75 Å². The predicted molar refractivity (Wildman–Crippen MR) is 113 cm³/mol. The van der Waals surface area contributed by atoms with Gasteiger partial charge in [0.2, 0.25) is 0 Å². The van der Waals surface area contributed by atoms with Crippen molar-refractivity contribution in [3.05, 3.63) is 58.6 Å². The van der Waals surface area contributed by atoms with Gasteiger partial charge in [0.15, 0.2) is 0 Å². The number of benzene rings is 2. The summed E-state index contributed by atoms with van der Waals surface area (Å²) >= 11 is 6.06. The van der Waals surface area contributed by atoms with Crippen LogP contribution >= 0.6 is 11.6 Å². The third-order valence-electron chi connectivity index (χ3n) is 4.71. The number of halogens is 4. The van der Waals surface area contributed by atoms with Crippen molar-refractivity contribution in [3.63, 3.8) is 0 Å². The highest BCUT2D eigenvalue weighted by Gasteiger charge is 2.38. The molecular weight excluding hydrogens is 453 g/mol. The number of carboxylic acids is 2. The number of nitrogens with zero attached hydrogens (tertiary/aromatic N) is 2. The number of alkyl halides is 3. The van der Waals surface area contributed by atoms with E-state index >= 15 is 0 Å². The maximum Gasteiger partial charge on any atom is 0.490 e. The molecule has 1 fully saturated rings. The fourth-order valence-electron chi connectivity index (χ4n) is 3.13. The van der Waals surface area contributed by atoms with E-state index in [1.54, 1.807) is 19.2 Å². The number of hydrogen-bond acceptors (Lipinski definition) is 5. The van der Waals surface area contributed by atoms with Gasteiger partial charge < -0.3 is 19.8 Å². The van der Waals surface area contributed by atoms with Gasteiger partial charge >= 0.3 is 18.1 Å². The molecule has 0 saturated carbocycles. The topological polar surface area (TPSA) is 90.3 Å². The summed E-state index contributed by atoms with van der Waals surface area (Å²) in [5.41, 5.74) is 2.30. The zero-order valence-electron chi connectivity index (χ0n) is 17.1. The third kappa shape index (κ3) is 7.03. The summed E-state index contributed by atoms with van der Waals surface area (Å²) < 4.78 is 37.2. The molecule has 0 aliphatic carbocycles. The number of para-hydroxylation sites is 2. The first kappa shape index (κ1) is 25.3. The molecule has 1 heterocycles. The van der Waals surface area contributed by atoms with E-state index in [9.17, 15) is 18.0 Å². The van der Waals surface area contributed by atoms with E-state index in [-0.39, 0.29) is 10.6 Å². The van der Waals surface area contributed by atoms with Gasteiger partial charge in [0.25, 0.3) is 0 Å². The van der Waals surface area contributed by atoms with Gasteiger partial charge in [-0.25, -0.2) is 9.59 Å². The van der Waals surface area contributed by atoms with Crippen LogP contribution in [0.3, 0.4) is 0 Å². The second-order valence-corrected chi connectivity index (χ2v) is 7.26. The van der Waals surface area contributed by atoms with Crippen LogP contribution in [0.1, 0.15) is 15.9 Å². The summed E-state index contributed by atoms with van der Waals surface area (Å²) in [4.78, 5) is 24.6. The maximum absolute atomic E-state index is 11.0. The van der Waals surface area contributed by atoms with Crippen molar-refractivity contribution in [2.75, 3.05) is 38.2 Å². The minimum Gasteiger partial charge on any atom is -0.495 e. The number of methoxy groups -OCH3 is 1. The van der Waals surface area contributed by atoms with Crippen LogP contribution < -0.4 is 9.64 Å². The average Bonchev–Trinajstić information content (AvgIpc) is 2.74. The number of aliphatic carboxylic acids is 1. The van der Waals surface area contributed by atoms with Crippen LogP contribution in [0.2, 0.25) is 5.02 Å². The monoisotopic (exact) mass is 474 g/mol. The molecular formula is C21H22ClF3N2O5. The highest BCUT2D eigenvalue weighted by Crippen LogP contribution is 2.28. The Bertz CT molecular complexity index is 947. The van der Waals surface area contributed by atoms with Gasteiger partial charge in [0.1, 0.15) is 5.75 Å². The molecule has 0 aromatic heterocycles. The molecule has 1 aliphatic rings. The van der Waals surface area contributed by atoms with Gasteiger partial charge in [-0.3, -0.25) is 4.90 Å². The fraction of sp³-hybridized carbons (Fsp3) is 0.333. The molecule has 0 unspecified atom stereocenters. The molecule has 2 aromatic carbocycles. The van der Waals surface area contributed by atoms with E-state index in [1.807, 2.05) is 24.3 Å². The molecule has 1 aliphatic heterocycles. The normalized spacial score (nSPS) is 14.3. The molecule has 0 amide bonds. The van der Waals surface area contributed by atoms with Crippen molar-refractivity contribution in [1.29, 1.82) is 0 Å². The lowest BCUT2D eigenvalue weighted by Crippen LogP contribution is -2.46. The van der Waals surface area contributed by atoms with E-state index in [1.165, 1.54) is 0 Å². The molecule has 0 atom stereocenters. The van der Waals surface area contributed by atoms with Crippen LogP contribution in [0.4, 0.5) is 18.9 Å². The third-order valence-corrected chi connectivity index (χ3v) is 5.02. The van der Waals surface area contributed by atoms with Crippen molar-refractivity contribution < 1.29 is 37.7 Å². The van der Waals surface area contributed by atoms with E-state index < -0.39 is 18.1 Å². The quantitative estimate of drug-likeness (QED) is 0.676. The average molecular weight is 475 g/mol. The summed E-state index contributed by atoms with van der Waals surface area (Å²) in [6.45, 7) is 4.45. The number of aromatic carboxylic acids is 1. The first-order valence-electron chi connectivity index (χ1n) is 9.45. The molecule has 0 spiro atoms. The molecule has 32 heavy (non-hydrogen) atoms. The second-order valence-electron chi connectivity index (χ2n) is 6.86. The molecule has 11 heteroatoms. The Morgan fingerprint density at radius 1 is 1.06 bits per heavy atom. The largest absolute Gasteiger partial charge is 0.495 e. The second kappa shape index (κ2) is 11.1. The Kier molecular flexibility index (Phi) is 8.73. The van der Waals surface area contributed by atoms with Crippen LogP contribution in [0.25, 0.3) is 0 Å². The maximum atomic E-state index is 11.0. The lowest BCUT2D eigenvalue weighted by Gasteiger charge is -2.36. The van der Waals surface area contributed by atoms with Gasteiger partial charge in [0, 0.05) is 32.7 Å². The standard InChI is InChI=1S/C19H21ClN2O3.C2HF3O2/c1-25-18-5-3-2-4-17(18)22-10-8-21(9-11-22)13-14-6-7-15(19(23)24)16(20)12-14;3-2(4,5)1(6)7/h2-7,12H,8-11,13H2,1H3,(H,23,24);(H,6,7). The minimum absolute atomic E-state index is 0.145. The van der Waals surface area contributed by atoms with Gasteiger partial charge in [-0.05, 0) is 29.8 Å². The van der Waals surface area contributed by atoms with Crippen molar-refractivity contribution in [2.45, 2.75) is 12.7 Å². The number of carbonyl (C=O) groups is 2. The molecule has 2 N–H and O–H groups in total. The smallest absolute Gasteiger partial charge is 0.490 e. The summed E-state index contributed by atoms with van der Waals surface area (Å²) in [6, 6.07) is 13.2. The Labute approximate surface area is 187 Å². The van der Waals surface area contributed by atoms with Crippen molar-refractivity contribution in [1.82, 2.24) is 4.90 Å². The molecule has 174 valence electrons. The number of rotatable bonds is 5. The Hall–Kier alpha value is -2.98. The summed E-state index contributed by atoms with van der Waals surface area (Å²) in [5, 5.41) is 16.5. The molecule has 0 bridgehead atoms. The number of carboxylic acid groups (broad SMARTS) is 2. The highest BCUT2D eigenvalue weighted by molar-refractivity contribution is 6.33. The first-order chi connectivity index (χ1) is 15.0. The lowest BCUT2D eigenvalue weighted by atomic mass is 10.1. The van der Waals surface area contributed by atoms with Crippen molar-refractivity contribution in [2.24, 2.45) is 0 Å². The van der Waals surface area contributed by atoms with E-state index in [0.717, 1.165) is 49.7 Å². The molecule has 3 rings (SSSR count). The van der Waals surface area contributed by atoms with Crippen LogP contribution in [0, 0.1) is 0 Å². The highest BCUT2D eigenvalue weighted by atomic mass is 35.5. The number of piperazine rings is 1. The fourth-order valence-corrected chi connectivity index (χ4v) is 3.41. The lowest BCUT2D eigenvalue weighted by molar-refractivity contribution is -0.192. The first-order valence-corrected chi connectivity index (χ1v) is 9.83. The summed E-state index contributed by atoms with van der Waals surface area (Å²) in [5.74, 6) is -2.86. The predicted octanol–water partition coefficient (Wildman–Crippen LogP) is 4.00. The Morgan fingerprint density at radius 3 is 2.16 bits per heavy atom. The number of ether oxygens (including phenoxy) is 1. The van der Waals surface area contributed by atoms with Gasteiger partial charge in [-0.15, -0.1) is 0 Å². The minimum atomic E-state index is -5.08. The molecule has 0 radical (unpaired) electrons. The van der Waals surface area contributed by atoms with Crippen molar-refractivity contribution >= 4 is 29.2 Å². The zero-order valence-corrected chi connectivity index (χ0v) is 17.9. The summed E-state index contributed by atoms with van der Waals surface area (Å²) in [7, 11) is 1.69.